The maximum Gasteiger partial charge on any atom is 0.119 e. The van der Waals surface area contributed by atoms with Crippen LogP contribution in [0.3, 0.4) is 0 Å². The Morgan fingerprint density at radius 3 is 2.95 bits per heavy atom. The van der Waals surface area contributed by atoms with E-state index in [1.54, 1.807) is 0 Å². The molecule has 1 unspecified atom stereocenters. The van der Waals surface area contributed by atoms with E-state index in [-0.39, 0.29) is 0 Å². The number of nitrogens with one attached hydrogen (secondary N) is 1. The topological polar surface area (TPSA) is 21.3 Å². The summed E-state index contributed by atoms with van der Waals surface area (Å²) in [5.74, 6) is 0.983. The molecule has 1 aliphatic heterocycles. The van der Waals surface area contributed by atoms with Crippen molar-refractivity contribution < 1.29 is 4.74 Å². The van der Waals surface area contributed by atoms with Gasteiger partial charge in [0.1, 0.15) is 5.75 Å². The highest BCUT2D eigenvalue weighted by molar-refractivity contribution is 5.53. The molecule has 0 fully saturated rings. The van der Waals surface area contributed by atoms with Crippen LogP contribution in [0.15, 0.2) is 48.5 Å². The molecule has 0 radical (unpaired) electrons. The molecule has 2 nitrogen and oxygen atoms in total. The van der Waals surface area contributed by atoms with Crippen molar-refractivity contribution in [2.45, 2.75) is 38.6 Å². The third-order valence-corrected chi connectivity index (χ3v) is 4.13. The van der Waals surface area contributed by atoms with Gasteiger partial charge >= 0.3 is 0 Å². The van der Waals surface area contributed by atoms with Crippen molar-refractivity contribution in [2.24, 2.45) is 0 Å². The minimum atomic E-state index is 0.579. The van der Waals surface area contributed by atoms with E-state index in [1.807, 2.05) is 13.0 Å². The molecule has 0 bridgehead atoms. The normalized spacial score (nSPS) is 16.9. The number of hydrogen-bond donors (Lipinski definition) is 1. The summed E-state index contributed by atoms with van der Waals surface area (Å²) in [6, 6.07) is 17.7. The van der Waals surface area contributed by atoms with E-state index in [0.29, 0.717) is 6.04 Å². The second kappa shape index (κ2) is 6.66. The summed E-state index contributed by atoms with van der Waals surface area (Å²) in [5.41, 5.74) is 4.13. The summed E-state index contributed by atoms with van der Waals surface area (Å²) in [7, 11) is 0. The van der Waals surface area contributed by atoms with Gasteiger partial charge in [-0.05, 0) is 61.9 Å². The molecule has 0 spiro atoms. The molecule has 2 heteroatoms. The van der Waals surface area contributed by atoms with Crippen molar-refractivity contribution in [2.75, 3.05) is 11.9 Å². The minimum absolute atomic E-state index is 0.579. The number of anilines is 1. The second-order valence-electron chi connectivity index (χ2n) is 5.66. The van der Waals surface area contributed by atoms with Crippen molar-refractivity contribution in [1.82, 2.24) is 0 Å². The van der Waals surface area contributed by atoms with E-state index in [1.165, 1.54) is 36.1 Å². The van der Waals surface area contributed by atoms with Crippen LogP contribution in [0.1, 0.15) is 30.9 Å². The lowest BCUT2D eigenvalue weighted by molar-refractivity contribution is 0.340. The molecule has 21 heavy (non-hydrogen) atoms. The van der Waals surface area contributed by atoms with Crippen molar-refractivity contribution >= 4 is 5.69 Å². The average molecular weight is 281 g/mol. The Balaban J connectivity index is 1.58. The zero-order chi connectivity index (χ0) is 14.5. The number of para-hydroxylation sites is 1. The smallest absolute Gasteiger partial charge is 0.119 e. The largest absolute Gasteiger partial charge is 0.494 e. The van der Waals surface area contributed by atoms with E-state index < -0.39 is 0 Å². The van der Waals surface area contributed by atoms with Crippen LogP contribution in [0.2, 0.25) is 0 Å². The molecule has 1 aliphatic rings. The van der Waals surface area contributed by atoms with Gasteiger partial charge < -0.3 is 10.1 Å². The van der Waals surface area contributed by atoms with Crippen LogP contribution >= 0.6 is 0 Å². The van der Waals surface area contributed by atoms with E-state index in [2.05, 4.69) is 47.8 Å². The molecule has 1 N–H and O–H groups in total. The molecule has 2 aromatic carbocycles. The third kappa shape index (κ3) is 3.57. The van der Waals surface area contributed by atoms with Gasteiger partial charge in [-0.2, -0.15) is 0 Å². The molecule has 0 amide bonds. The van der Waals surface area contributed by atoms with E-state index in [0.717, 1.165) is 18.8 Å². The van der Waals surface area contributed by atoms with Gasteiger partial charge in [0, 0.05) is 11.7 Å². The van der Waals surface area contributed by atoms with Gasteiger partial charge in [0.05, 0.1) is 6.61 Å². The molecule has 110 valence electrons. The predicted octanol–water partition coefficient (Wildman–Crippen LogP) is 4.44. The van der Waals surface area contributed by atoms with Crippen molar-refractivity contribution in [3.8, 4) is 5.75 Å². The highest BCUT2D eigenvalue weighted by Crippen LogP contribution is 2.26. The molecule has 1 heterocycles. The minimum Gasteiger partial charge on any atom is -0.494 e. The summed E-state index contributed by atoms with van der Waals surface area (Å²) in [6.45, 7) is 2.75. The van der Waals surface area contributed by atoms with Crippen LogP contribution < -0.4 is 10.1 Å². The van der Waals surface area contributed by atoms with Crippen LogP contribution in [-0.2, 0) is 12.8 Å². The molecule has 2 aromatic rings. The first kappa shape index (κ1) is 14.0. The molecule has 0 aliphatic carbocycles. The van der Waals surface area contributed by atoms with Gasteiger partial charge in [-0.1, -0.05) is 30.3 Å². The first-order chi connectivity index (χ1) is 10.3. The summed E-state index contributed by atoms with van der Waals surface area (Å²) in [4.78, 5) is 0. The maximum atomic E-state index is 5.57. The lowest BCUT2D eigenvalue weighted by Crippen LogP contribution is -2.25. The zero-order valence-corrected chi connectivity index (χ0v) is 12.6. The number of rotatable bonds is 5. The number of aryl methyl sites for hydroxylation is 2. The molecule has 3 rings (SSSR count). The first-order valence-corrected chi connectivity index (χ1v) is 7.91. The van der Waals surface area contributed by atoms with E-state index >= 15 is 0 Å². The van der Waals surface area contributed by atoms with Gasteiger partial charge in [-0.3, -0.25) is 0 Å². The Kier molecular flexibility index (Phi) is 4.44. The molecular weight excluding hydrogens is 258 g/mol. The van der Waals surface area contributed by atoms with Crippen LogP contribution in [-0.4, -0.2) is 12.6 Å². The van der Waals surface area contributed by atoms with Crippen LogP contribution in [0, 0.1) is 0 Å². The quantitative estimate of drug-likeness (QED) is 0.874. The highest BCUT2D eigenvalue weighted by atomic mass is 16.5. The summed E-state index contributed by atoms with van der Waals surface area (Å²) in [6.07, 6.45) is 4.68. The number of fused-ring (bicyclic) bond motifs is 1. The monoisotopic (exact) mass is 281 g/mol. The summed E-state index contributed by atoms with van der Waals surface area (Å²) >= 11 is 0. The lowest BCUT2D eigenvalue weighted by Gasteiger charge is -2.27. The molecule has 0 saturated heterocycles. The average Bonchev–Trinajstić information content (AvgIpc) is 2.53. The Morgan fingerprint density at radius 2 is 2.05 bits per heavy atom. The Bertz CT molecular complexity index is 594. The van der Waals surface area contributed by atoms with Gasteiger partial charge in [0.15, 0.2) is 0 Å². The third-order valence-electron chi connectivity index (χ3n) is 4.13. The van der Waals surface area contributed by atoms with Gasteiger partial charge in [0.2, 0.25) is 0 Å². The second-order valence-corrected chi connectivity index (χ2v) is 5.66. The Morgan fingerprint density at radius 1 is 1.14 bits per heavy atom. The Labute approximate surface area is 127 Å². The van der Waals surface area contributed by atoms with Gasteiger partial charge in [-0.25, -0.2) is 0 Å². The maximum absolute atomic E-state index is 5.57. The van der Waals surface area contributed by atoms with E-state index in [9.17, 15) is 0 Å². The van der Waals surface area contributed by atoms with E-state index in [4.69, 9.17) is 4.74 Å². The lowest BCUT2D eigenvalue weighted by atomic mass is 9.94. The van der Waals surface area contributed by atoms with Gasteiger partial charge in [-0.15, -0.1) is 0 Å². The fourth-order valence-corrected chi connectivity index (χ4v) is 3.02. The fourth-order valence-electron chi connectivity index (χ4n) is 3.02. The number of ether oxygens (including phenoxy) is 1. The summed E-state index contributed by atoms with van der Waals surface area (Å²) in [5, 5.41) is 3.68. The van der Waals surface area contributed by atoms with Crippen LogP contribution in [0.25, 0.3) is 0 Å². The van der Waals surface area contributed by atoms with Crippen LogP contribution in [0.5, 0.6) is 5.75 Å². The van der Waals surface area contributed by atoms with Crippen molar-refractivity contribution in [1.29, 1.82) is 0 Å². The summed E-state index contributed by atoms with van der Waals surface area (Å²) < 4.78 is 5.57. The standard InChI is InChI=1S/C19H23NO/c1-2-21-18-8-5-6-15(14-18)10-12-17-13-11-16-7-3-4-9-19(16)20-17/h3-9,14,17,20H,2,10-13H2,1H3. The van der Waals surface area contributed by atoms with Crippen LogP contribution in [0.4, 0.5) is 5.69 Å². The molecular formula is C19H23NO. The molecule has 0 saturated carbocycles. The fraction of sp³-hybridized carbons (Fsp3) is 0.368. The first-order valence-electron chi connectivity index (χ1n) is 7.91. The SMILES string of the molecule is CCOc1cccc(CCC2CCc3ccccc3N2)c1. The predicted molar refractivity (Wildman–Crippen MR) is 88.1 cm³/mol. The Hall–Kier alpha value is -1.96. The molecule has 1 atom stereocenters. The molecule has 0 aromatic heterocycles. The van der Waals surface area contributed by atoms with Gasteiger partial charge in [0.25, 0.3) is 0 Å². The van der Waals surface area contributed by atoms with Crippen molar-refractivity contribution in [3.05, 3.63) is 59.7 Å². The zero-order valence-electron chi connectivity index (χ0n) is 12.6. The number of hydrogen-bond acceptors (Lipinski definition) is 2. The van der Waals surface area contributed by atoms with Crippen molar-refractivity contribution in [3.63, 3.8) is 0 Å². The number of benzene rings is 2. The highest BCUT2D eigenvalue weighted by Gasteiger charge is 2.16.